The molecule has 1 unspecified atom stereocenters. The summed E-state index contributed by atoms with van der Waals surface area (Å²) in [5.74, 6) is 0. The molecule has 6 heteroatoms. The van der Waals surface area contributed by atoms with Crippen LogP contribution in [0, 0.1) is 0 Å². The van der Waals surface area contributed by atoms with Gasteiger partial charge in [0.25, 0.3) is 0 Å². The zero-order valence-corrected chi connectivity index (χ0v) is 15.4. The second-order valence-corrected chi connectivity index (χ2v) is 7.46. The summed E-state index contributed by atoms with van der Waals surface area (Å²) in [6.45, 7) is 15.3. The molecule has 0 rings (SSSR count). The number of halogens is 1. The van der Waals surface area contributed by atoms with Crippen molar-refractivity contribution in [3.05, 3.63) is 12.2 Å². The van der Waals surface area contributed by atoms with E-state index < -0.39 is 36.1 Å². The number of carbonyl (C=O) groups is 2. The molecular formula is C17H30FNO4. The van der Waals surface area contributed by atoms with Crippen LogP contribution in [0.3, 0.4) is 0 Å². The van der Waals surface area contributed by atoms with E-state index in [1.165, 1.54) is 0 Å². The molecule has 23 heavy (non-hydrogen) atoms. The van der Waals surface area contributed by atoms with Crippen molar-refractivity contribution in [2.75, 3.05) is 6.67 Å². The molecular weight excluding hydrogens is 301 g/mol. The van der Waals surface area contributed by atoms with Crippen LogP contribution in [0.1, 0.15) is 61.3 Å². The molecule has 0 aromatic rings. The normalized spacial score (nSPS) is 13.2. The van der Waals surface area contributed by atoms with Crippen LogP contribution in [0.4, 0.5) is 14.0 Å². The molecule has 1 atom stereocenters. The molecule has 0 aromatic carbocycles. The van der Waals surface area contributed by atoms with Crippen LogP contribution in [0.5, 0.6) is 0 Å². The van der Waals surface area contributed by atoms with Crippen LogP contribution < -0.4 is 0 Å². The summed E-state index contributed by atoms with van der Waals surface area (Å²) in [4.78, 5) is 25.7. The summed E-state index contributed by atoms with van der Waals surface area (Å²) in [6.07, 6.45) is -0.944. The molecule has 0 radical (unpaired) electrons. The van der Waals surface area contributed by atoms with Crippen molar-refractivity contribution in [2.24, 2.45) is 0 Å². The molecule has 0 fully saturated rings. The van der Waals surface area contributed by atoms with Gasteiger partial charge in [-0.1, -0.05) is 12.2 Å². The van der Waals surface area contributed by atoms with E-state index in [1.807, 2.05) is 0 Å². The van der Waals surface area contributed by atoms with Crippen molar-refractivity contribution in [3.8, 4) is 0 Å². The van der Waals surface area contributed by atoms with Gasteiger partial charge in [0.2, 0.25) is 0 Å². The molecule has 0 aliphatic rings. The Morgan fingerprint density at radius 2 is 1.43 bits per heavy atom. The molecule has 0 aromatic heterocycles. The maximum absolute atomic E-state index is 12.4. The molecule has 2 amide bonds. The summed E-state index contributed by atoms with van der Waals surface area (Å²) in [6, 6.07) is -0.647. The van der Waals surface area contributed by atoms with E-state index in [0.717, 1.165) is 4.90 Å². The topological polar surface area (TPSA) is 55.8 Å². The van der Waals surface area contributed by atoms with E-state index in [2.05, 4.69) is 6.58 Å². The molecule has 134 valence electrons. The van der Waals surface area contributed by atoms with Gasteiger partial charge in [0.15, 0.2) is 0 Å². The predicted octanol–water partition coefficient (Wildman–Crippen LogP) is 4.85. The van der Waals surface area contributed by atoms with Gasteiger partial charge in [-0.3, -0.25) is 4.39 Å². The molecule has 0 N–H and O–H groups in total. The van der Waals surface area contributed by atoms with Crippen LogP contribution in [-0.2, 0) is 9.47 Å². The first-order valence-corrected chi connectivity index (χ1v) is 7.77. The first-order valence-electron chi connectivity index (χ1n) is 7.77. The lowest BCUT2D eigenvalue weighted by atomic mass is 10.0. The molecule has 0 saturated carbocycles. The fourth-order valence-electron chi connectivity index (χ4n) is 1.70. The van der Waals surface area contributed by atoms with Crippen LogP contribution in [0.25, 0.3) is 0 Å². The summed E-state index contributed by atoms with van der Waals surface area (Å²) >= 11 is 0. The summed E-state index contributed by atoms with van der Waals surface area (Å²) < 4.78 is 22.9. The number of rotatable bonds is 5. The second-order valence-electron chi connectivity index (χ2n) is 7.46. The SMILES string of the molecule is C=C(CCCF)C(C)N(C(=O)OC(C)(C)C)C(=O)OC(C)(C)C. The van der Waals surface area contributed by atoms with Crippen LogP contribution in [0.2, 0.25) is 0 Å². The van der Waals surface area contributed by atoms with Gasteiger partial charge in [-0.2, -0.15) is 0 Å². The van der Waals surface area contributed by atoms with Crippen molar-refractivity contribution in [1.82, 2.24) is 4.90 Å². The van der Waals surface area contributed by atoms with Crippen molar-refractivity contribution in [1.29, 1.82) is 0 Å². The van der Waals surface area contributed by atoms with Crippen molar-refractivity contribution in [3.63, 3.8) is 0 Å². The summed E-state index contributed by atoms with van der Waals surface area (Å²) in [7, 11) is 0. The van der Waals surface area contributed by atoms with Gasteiger partial charge in [0.05, 0.1) is 12.7 Å². The fourth-order valence-corrected chi connectivity index (χ4v) is 1.70. The maximum Gasteiger partial charge on any atom is 0.420 e. The third-order valence-corrected chi connectivity index (χ3v) is 2.79. The van der Waals surface area contributed by atoms with Crippen molar-refractivity contribution in [2.45, 2.75) is 78.6 Å². The number of carbonyl (C=O) groups excluding carboxylic acids is 2. The highest BCUT2D eigenvalue weighted by Crippen LogP contribution is 2.21. The quantitative estimate of drug-likeness (QED) is 0.676. The monoisotopic (exact) mass is 331 g/mol. The molecule has 0 heterocycles. The summed E-state index contributed by atoms with van der Waals surface area (Å²) in [5.41, 5.74) is -0.936. The minimum atomic E-state index is -0.805. The number of hydrogen-bond donors (Lipinski definition) is 0. The Balaban J connectivity index is 5.32. The van der Waals surface area contributed by atoms with E-state index in [-0.39, 0.29) is 0 Å². The van der Waals surface area contributed by atoms with E-state index in [9.17, 15) is 14.0 Å². The van der Waals surface area contributed by atoms with Gasteiger partial charge in [-0.05, 0) is 61.3 Å². The lowest BCUT2D eigenvalue weighted by Gasteiger charge is -2.32. The molecule has 0 spiro atoms. The third-order valence-electron chi connectivity index (χ3n) is 2.79. The highest BCUT2D eigenvalue weighted by molar-refractivity contribution is 5.89. The van der Waals surface area contributed by atoms with Gasteiger partial charge in [-0.15, -0.1) is 0 Å². The number of hydrogen-bond acceptors (Lipinski definition) is 4. The van der Waals surface area contributed by atoms with Gasteiger partial charge < -0.3 is 9.47 Å². The lowest BCUT2D eigenvalue weighted by Crippen LogP contribution is -2.48. The van der Waals surface area contributed by atoms with Crippen molar-refractivity contribution >= 4 is 12.2 Å². The van der Waals surface area contributed by atoms with Crippen LogP contribution in [-0.4, -0.2) is 41.0 Å². The predicted molar refractivity (Wildman–Crippen MR) is 88.1 cm³/mol. The number of nitrogens with zero attached hydrogens (tertiary/aromatic N) is 1. The first kappa shape index (κ1) is 21.4. The summed E-state index contributed by atoms with van der Waals surface area (Å²) in [5, 5.41) is 0. The Labute approximate surface area is 138 Å². The average Bonchev–Trinajstić information content (AvgIpc) is 2.31. The minimum Gasteiger partial charge on any atom is -0.443 e. The van der Waals surface area contributed by atoms with Gasteiger partial charge in [0, 0.05) is 0 Å². The molecule has 0 aliphatic heterocycles. The largest absolute Gasteiger partial charge is 0.443 e. The van der Waals surface area contributed by atoms with E-state index >= 15 is 0 Å². The lowest BCUT2D eigenvalue weighted by molar-refractivity contribution is -0.00332. The zero-order valence-electron chi connectivity index (χ0n) is 15.4. The van der Waals surface area contributed by atoms with Crippen LogP contribution in [0.15, 0.2) is 12.2 Å². The Hall–Kier alpha value is -1.59. The third kappa shape index (κ3) is 8.57. The number of ether oxygens (including phenoxy) is 2. The molecule has 0 saturated heterocycles. The highest BCUT2D eigenvalue weighted by atomic mass is 19.1. The average molecular weight is 331 g/mol. The van der Waals surface area contributed by atoms with Gasteiger partial charge in [-0.25, -0.2) is 14.5 Å². The van der Waals surface area contributed by atoms with E-state index in [4.69, 9.17) is 9.47 Å². The smallest absolute Gasteiger partial charge is 0.420 e. The van der Waals surface area contributed by atoms with Crippen LogP contribution >= 0.6 is 0 Å². The zero-order chi connectivity index (χ0) is 18.4. The second kappa shape index (κ2) is 8.31. The van der Waals surface area contributed by atoms with Crippen molar-refractivity contribution < 1.29 is 23.5 Å². The first-order chi connectivity index (χ1) is 10.3. The molecule has 5 nitrogen and oxygen atoms in total. The fraction of sp³-hybridized carbons (Fsp3) is 0.765. The number of amides is 2. The maximum atomic E-state index is 12.4. The Morgan fingerprint density at radius 1 is 1.04 bits per heavy atom. The molecule has 0 bridgehead atoms. The highest BCUT2D eigenvalue weighted by Gasteiger charge is 2.35. The Morgan fingerprint density at radius 3 is 1.74 bits per heavy atom. The number of alkyl halides is 1. The minimum absolute atomic E-state index is 0.291. The standard InChI is InChI=1S/C17H30FNO4/c1-12(10-9-11-18)13(2)19(14(20)22-16(3,4)5)15(21)23-17(6,7)8/h13H,1,9-11H2,2-8H3. The Bertz CT molecular complexity index is 407. The van der Waals surface area contributed by atoms with E-state index in [0.29, 0.717) is 18.4 Å². The molecule has 0 aliphatic carbocycles. The number of imide groups is 1. The van der Waals surface area contributed by atoms with E-state index in [1.54, 1.807) is 48.5 Å². The van der Waals surface area contributed by atoms with Gasteiger partial charge in [0.1, 0.15) is 11.2 Å². The Kier molecular flexibility index (Phi) is 7.74. The van der Waals surface area contributed by atoms with Gasteiger partial charge >= 0.3 is 12.2 Å².